The molecule has 1 aliphatic heterocycles. The van der Waals surface area contributed by atoms with Gasteiger partial charge in [0.15, 0.2) is 0 Å². The third-order valence-electron chi connectivity index (χ3n) is 4.02. The summed E-state index contributed by atoms with van der Waals surface area (Å²) in [5, 5.41) is 3.13. The average molecular weight is 400 g/mol. The quantitative estimate of drug-likeness (QED) is 0.782. The maximum absolute atomic E-state index is 12.7. The molecule has 0 atom stereocenters. The fourth-order valence-corrected chi connectivity index (χ4v) is 4.79. The predicted molar refractivity (Wildman–Crippen MR) is 97.1 cm³/mol. The monoisotopic (exact) mass is 399 g/mol. The number of amides is 1. The van der Waals surface area contributed by atoms with Crippen molar-refractivity contribution in [2.24, 2.45) is 0 Å². The van der Waals surface area contributed by atoms with E-state index in [2.05, 4.69) is 5.32 Å². The Bertz CT molecular complexity index is 960. The molecule has 1 N–H and O–H groups in total. The zero-order chi connectivity index (χ0) is 18.4. The molecule has 0 saturated heterocycles. The van der Waals surface area contributed by atoms with E-state index in [1.54, 1.807) is 32.0 Å². The lowest BCUT2D eigenvalue weighted by Gasteiger charge is -2.18. The summed E-state index contributed by atoms with van der Waals surface area (Å²) in [6, 6.07) is 6.32. The summed E-state index contributed by atoms with van der Waals surface area (Å²) in [5.41, 5.74) is 2.36. The number of halogens is 2. The molecule has 0 radical (unpaired) electrons. The van der Waals surface area contributed by atoms with Gasteiger partial charge in [-0.3, -0.25) is 4.79 Å². The highest BCUT2D eigenvalue weighted by molar-refractivity contribution is 7.87. The number of nitrogens with one attached hydrogen (secondary N) is 1. The summed E-state index contributed by atoms with van der Waals surface area (Å²) < 4.78 is 30.7. The van der Waals surface area contributed by atoms with Crippen LogP contribution in [0, 0.1) is 13.8 Å². The van der Waals surface area contributed by atoms with Crippen LogP contribution in [0.25, 0.3) is 0 Å². The van der Waals surface area contributed by atoms with E-state index in [0.717, 1.165) is 5.56 Å². The minimum absolute atomic E-state index is 0.0643. The van der Waals surface area contributed by atoms with E-state index in [4.69, 9.17) is 27.4 Å². The normalized spacial score (nSPS) is 14.0. The van der Waals surface area contributed by atoms with Crippen molar-refractivity contribution < 1.29 is 17.4 Å². The van der Waals surface area contributed by atoms with E-state index in [-0.39, 0.29) is 21.6 Å². The van der Waals surface area contributed by atoms with Crippen LogP contribution in [-0.4, -0.2) is 14.3 Å². The third-order valence-corrected chi connectivity index (χ3v) is 6.43. The molecule has 0 unspecified atom stereocenters. The summed E-state index contributed by atoms with van der Waals surface area (Å²) in [4.78, 5) is 11.3. The smallest absolute Gasteiger partial charge is 0.341 e. The van der Waals surface area contributed by atoms with E-state index in [0.29, 0.717) is 34.7 Å². The van der Waals surface area contributed by atoms with Crippen LogP contribution in [0.4, 0.5) is 5.69 Å². The molecule has 1 heterocycles. The second-order valence-corrected chi connectivity index (χ2v) is 8.12. The van der Waals surface area contributed by atoms with E-state index < -0.39 is 10.1 Å². The molecule has 0 aromatic heterocycles. The molecule has 0 bridgehead atoms. The van der Waals surface area contributed by atoms with E-state index in [9.17, 15) is 13.2 Å². The number of hydrogen-bond acceptors (Lipinski definition) is 4. The number of benzene rings is 2. The van der Waals surface area contributed by atoms with Gasteiger partial charge < -0.3 is 9.50 Å². The molecule has 3 rings (SSSR count). The van der Waals surface area contributed by atoms with Crippen LogP contribution < -0.4 is 9.50 Å². The molecule has 132 valence electrons. The molecule has 0 saturated carbocycles. The standard InChI is InChI=1S/C17H15Cl2NO4S/c1-9-7-13(18)10(2)17(16(9)19)25(22,23)24-12-4-5-14-11(8-12)3-6-15(21)20-14/h4-5,7-8H,3,6H2,1-2H3,(H,20,21). The number of aryl methyl sites for hydroxylation is 2. The Kier molecular flexibility index (Phi) is 4.70. The van der Waals surface area contributed by atoms with Crippen LogP contribution >= 0.6 is 23.2 Å². The fourth-order valence-electron chi connectivity index (χ4n) is 2.69. The van der Waals surface area contributed by atoms with Gasteiger partial charge >= 0.3 is 10.1 Å². The number of rotatable bonds is 3. The first-order valence-corrected chi connectivity index (χ1v) is 9.68. The average Bonchev–Trinajstić information content (AvgIpc) is 2.53. The van der Waals surface area contributed by atoms with Crippen LogP contribution in [0.15, 0.2) is 29.2 Å². The van der Waals surface area contributed by atoms with Gasteiger partial charge in [0, 0.05) is 17.1 Å². The van der Waals surface area contributed by atoms with Crippen molar-refractivity contribution in [3.63, 3.8) is 0 Å². The highest BCUT2D eigenvalue weighted by Crippen LogP contribution is 2.35. The first-order valence-electron chi connectivity index (χ1n) is 7.51. The Hall–Kier alpha value is -1.76. The molecular weight excluding hydrogens is 385 g/mol. The summed E-state index contributed by atoms with van der Waals surface area (Å²) >= 11 is 12.3. The SMILES string of the molecule is Cc1cc(Cl)c(C)c(S(=O)(=O)Oc2ccc3c(c2)CCC(=O)N3)c1Cl. The maximum atomic E-state index is 12.7. The highest BCUT2D eigenvalue weighted by atomic mass is 35.5. The Morgan fingerprint density at radius 3 is 2.56 bits per heavy atom. The van der Waals surface area contributed by atoms with Crippen LogP contribution in [0.3, 0.4) is 0 Å². The van der Waals surface area contributed by atoms with E-state index >= 15 is 0 Å². The first-order chi connectivity index (χ1) is 11.7. The lowest BCUT2D eigenvalue weighted by Crippen LogP contribution is -2.19. The van der Waals surface area contributed by atoms with Crippen molar-refractivity contribution >= 4 is 44.9 Å². The van der Waals surface area contributed by atoms with E-state index in [1.165, 1.54) is 6.07 Å². The highest BCUT2D eigenvalue weighted by Gasteiger charge is 2.26. The fraction of sp³-hybridized carbons (Fsp3) is 0.235. The predicted octanol–water partition coefficient (Wildman–Crippen LogP) is 4.26. The van der Waals surface area contributed by atoms with Crippen molar-refractivity contribution in [1.29, 1.82) is 0 Å². The molecular formula is C17H15Cl2NO4S. The lowest BCUT2D eigenvalue weighted by atomic mass is 10.0. The second kappa shape index (κ2) is 6.52. The topological polar surface area (TPSA) is 72.5 Å². The first kappa shape index (κ1) is 18.0. The van der Waals surface area contributed by atoms with Gasteiger partial charge in [-0.2, -0.15) is 8.42 Å². The summed E-state index contributed by atoms with van der Waals surface area (Å²) in [6.07, 6.45) is 0.871. The molecule has 1 aliphatic rings. The Morgan fingerprint density at radius 2 is 1.84 bits per heavy atom. The zero-order valence-electron chi connectivity index (χ0n) is 13.5. The molecule has 0 aliphatic carbocycles. The lowest BCUT2D eigenvalue weighted by molar-refractivity contribution is -0.116. The number of fused-ring (bicyclic) bond motifs is 1. The van der Waals surface area contributed by atoms with Gasteiger partial charge in [-0.1, -0.05) is 23.2 Å². The molecule has 2 aromatic rings. The molecule has 2 aromatic carbocycles. The van der Waals surface area contributed by atoms with Gasteiger partial charge in [0.05, 0.1) is 5.02 Å². The van der Waals surface area contributed by atoms with Crippen molar-refractivity contribution in [3.8, 4) is 5.75 Å². The molecule has 0 fully saturated rings. The van der Waals surface area contributed by atoms with Crippen molar-refractivity contribution in [1.82, 2.24) is 0 Å². The Morgan fingerprint density at radius 1 is 1.12 bits per heavy atom. The van der Waals surface area contributed by atoms with Gasteiger partial charge in [0.2, 0.25) is 5.91 Å². The van der Waals surface area contributed by atoms with Gasteiger partial charge in [0.1, 0.15) is 10.6 Å². The third kappa shape index (κ3) is 3.47. The Labute approximate surface area is 156 Å². The molecule has 8 heteroatoms. The number of anilines is 1. The molecule has 0 spiro atoms. The summed E-state index contributed by atoms with van der Waals surface area (Å²) in [7, 11) is -4.16. The second-order valence-electron chi connectivity index (χ2n) is 5.85. The number of carbonyl (C=O) groups excluding carboxylic acids is 1. The van der Waals surface area contributed by atoms with Gasteiger partial charge in [-0.15, -0.1) is 0 Å². The van der Waals surface area contributed by atoms with Crippen LogP contribution in [0.2, 0.25) is 10.0 Å². The van der Waals surface area contributed by atoms with Gasteiger partial charge in [-0.25, -0.2) is 0 Å². The van der Waals surface area contributed by atoms with Gasteiger partial charge in [0.25, 0.3) is 0 Å². The summed E-state index contributed by atoms with van der Waals surface area (Å²) in [6.45, 7) is 3.25. The largest absolute Gasteiger partial charge is 0.379 e. The Balaban J connectivity index is 2.00. The minimum Gasteiger partial charge on any atom is -0.379 e. The number of hydrogen-bond donors (Lipinski definition) is 1. The van der Waals surface area contributed by atoms with Crippen LogP contribution in [0.1, 0.15) is 23.1 Å². The number of carbonyl (C=O) groups is 1. The van der Waals surface area contributed by atoms with Gasteiger partial charge in [-0.05, 0) is 61.2 Å². The van der Waals surface area contributed by atoms with Crippen LogP contribution in [-0.2, 0) is 21.3 Å². The van der Waals surface area contributed by atoms with Crippen LogP contribution in [0.5, 0.6) is 5.75 Å². The summed E-state index contributed by atoms with van der Waals surface area (Å²) in [5.74, 6) is 0.0913. The molecule has 5 nitrogen and oxygen atoms in total. The minimum atomic E-state index is -4.16. The molecule has 25 heavy (non-hydrogen) atoms. The zero-order valence-corrected chi connectivity index (χ0v) is 15.8. The van der Waals surface area contributed by atoms with E-state index in [1.807, 2.05) is 0 Å². The van der Waals surface area contributed by atoms with Crippen molar-refractivity contribution in [2.45, 2.75) is 31.6 Å². The maximum Gasteiger partial charge on any atom is 0.341 e. The molecule has 1 amide bonds. The van der Waals surface area contributed by atoms with Crippen molar-refractivity contribution in [3.05, 3.63) is 51.0 Å². The van der Waals surface area contributed by atoms with Crippen molar-refractivity contribution in [2.75, 3.05) is 5.32 Å².